The Morgan fingerprint density at radius 2 is 2.10 bits per heavy atom. The van der Waals surface area contributed by atoms with Gasteiger partial charge in [0, 0.05) is 24.3 Å². The minimum atomic E-state index is -0.0443. The zero-order valence-electron chi connectivity index (χ0n) is 12.4. The normalized spacial score (nSPS) is 22.4. The summed E-state index contributed by atoms with van der Waals surface area (Å²) in [4.78, 5) is 11.6. The molecule has 0 radical (unpaired) electrons. The lowest BCUT2D eigenvalue weighted by atomic mass is 9.84. The summed E-state index contributed by atoms with van der Waals surface area (Å²) in [7, 11) is 1.65. The minimum Gasteiger partial charge on any atom is -0.382 e. The molecule has 2 unspecified atom stereocenters. The van der Waals surface area contributed by atoms with Gasteiger partial charge in [-0.15, -0.1) is 0 Å². The van der Waals surface area contributed by atoms with E-state index in [0.717, 1.165) is 17.8 Å². The van der Waals surface area contributed by atoms with Crippen LogP contribution in [0.25, 0.3) is 0 Å². The molecule has 110 valence electrons. The third-order valence-corrected chi connectivity index (χ3v) is 4.27. The lowest BCUT2D eigenvalue weighted by Gasteiger charge is -2.32. The summed E-state index contributed by atoms with van der Waals surface area (Å²) in [5.74, 6) is 0.513. The van der Waals surface area contributed by atoms with Crippen molar-refractivity contribution in [2.45, 2.75) is 38.6 Å². The van der Waals surface area contributed by atoms with E-state index in [4.69, 9.17) is 5.73 Å². The second-order valence-electron chi connectivity index (χ2n) is 5.64. The molecule has 1 amide bonds. The van der Waals surface area contributed by atoms with E-state index in [-0.39, 0.29) is 5.91 Å². The number of benzene rings is 1. The van der Waals surface area contributed by atoms with Gasteiger partial charge in [0.05, 0.1) is 0 Å². The van der Waals surface area contributed by atoms with Gasteiger partial charge in [0.1, 0.15) is 0 Å². The Morgan fingerprint density at radius 1 is 1.35 bits per heavy atom. The van der Waals surface area contributed by atoms with Gasteiger partial charge in [-0.1, -0.05) is 12.8 Å². The van der Waals surface area contributed by atoms with Crippen molar-refractivity contribution in [2.24, 2.45) is 11.7 Å². The third-order valence-electron chi connectivity index (χ3n) is 4.27. The molecule has 2 atom stereocenters. The number of nitrogens with two attached hydrogens (primary N) is 1. The number of hydrogen-bond donors (Lipinski definition) is 3. The maximum Gasteiger partial charge on any atom is 0.251 e. The highest BCUT2D eigenvalue weighted by Crippen LogP contribution is 2.28. The van der Waals surface area contributed by atoms with Gasteiger partial charge in [0.25, 0.3) is 5.91 Å². The van der Waals surface area contributed by atoms with Crippen LogP contribution in [0.4, 0.5) is 5.69 Å². The Bertz CT molecular complexity index is 473. The number of aryl methyl sites for hydroxylation is 1. The van der Waals surface area contributed by atoms with E-state index in [2.05, 4.69) is 10.6 Å². The zero-order valence-corrected chi connectivity index (χ0v) is 12.4. The second kappa shape index (κ2) is 6.75. The van der Waals surface area contributed by atoms with E-state index in [1.165, 1.54) is 25.7 Å². The van der Waals surface area contributed by atoms with Gasteiger partial charge in [-0.3, -0.25) is 4.79 Å². The predicted octanol–water partition coefficient (Wildman–Crippen LogP) is 2.28. The third kappa shape index (κ3) is 3.31. The summed E-state index contributed by atoms with van der Waals surface area (Å²) in [6, 6.07) is 6.26. The van der Waals surface area contributed by atoms with Gasteiger partial charge in [0.2, 0.25) is 0 Å². The van der Waals surface area contributed by atoms with Crippen LogP contribution in [0, 0.1) is 12.8 Å². The quantitative estimate of drug-likeness (QED) is 0.789. The van der Waals surface area contributed by atoms with Crippen LogP contribution in [0.3, 0.4) is 0 Å². The minimum absolute atomic E-state index is 0.0443. The molecule has 1 aliphatic rings. The molecule has 1 aromatic rings. The largest absolute Gasteiger partial charge is 0.382 e. The highest BCUT2D eigenvalue weighted by atomic mass is 16.1. The van der Waals surface area contributed by atoms with Crippen LogP contribution in [-0.4, -0.2) is 25.5 Å². The van der Waals surface area contributed by atoms with E-state index >= 15 is 0 Å². The zero-order chi connectivity index (χ0) is 14.5. The van der Waals surface area contributed by atoms with Crippen LogP contribution < -0.4 is 16.4 Å². The average Bonchev–Trinajstić information content (AvgIpc) is 2.49. The molecule has 20 heavy (non-hydrogen) atoms. The Labute approximate surface area is 121 Å². The van der Waals surface area contributed by atoms with Crippen molar-refractivity contribution in [2.75, 3.05) is 18.9 Å². The number of anilines is 1. The Morgan fingerprint density at radius 3 is 2.75 bits per heavy atom. The predicted molar refractivity (Wildman–Crippen MR) is 83.0 cm³/mol. The fourth-order valence-corrected chi connectivity index (χ4v) is 2.99. The van der Waals surface area contributed by atoms with Gasteiger partial charge in [-0.25, -0.2) is 0 Å². The maximum atomic E-state index is 11.6. The van der Waals surface area contributed by atoms with Crippen LogP contribution in [0.5, 0.6) is 0 Å². The van der Waals surface area contributed by atoms with Gasteiger partial charge in [-0.2, -0.15) is 0 Å². The van der Waals surface area contributed by atoms with Crippen molar-refractivity contribution in [1.29, 1.82) is 0 Å². The topological polar surface area (TPSA) is 67.2 Å². The molecule has 0 saturated heterocycles. The van der Waals surface area contributed by atoms with Gasteiger partial charge in [-0.05, 0) is 56.0 Å². The number of carbonyl (C=O) groups is 1. The van der Waals surface area contributed by atoms with E-state index in [1.54, 1.807) is 7.05 Å². The molecule has 0 bridgehead atoms. The SMILES string of the molecule is CNC(=O)c1ccc(NC2CCCCC2CN)c(C)c1. The van der Waals surface area contributed by atoms with Crippen LogP contribution >= 0.6 is 0 Å². The first-order chi connectivity index (χ1) is 9.65. The summed E-state index contributed by atoms with van der Waals surface area (Å²) in [6.45, 7) is 2.78. The molecule has 1 aromatic carbocycles. The van der Waals surface area contributed by atoms with Crippen LogP contribution in [0.2, 0.25) is 0 Å². The molecule has 1 saturated carbocycles. The number of amides is 1. The standard InChI is InChI=1S/C16H25N3O/c1-11-9-12(16(20)18-2)7-8-14(11)19-15-6-4-3-5-13(15)10-17/h7-9,13,15,19H,3-6,10,17H2,1-2H3,(H,18,20). The van der Waals surface area contributed by atoms with Crippen LogP contribution in [0.15, 0.2) is 18.2 Å². The molecule has 0 spiro atoms. The maximum absolute atomic E-state index is 11.6. The highest BCUT2D eigenvalue weighted by molar-refractivity contribution is 5.94. The molecule has 1 aliphatic carbocycles. The number of hydrogen-bond acceptors (Lipinski definition) is 3. The molecule has 0 heterocycles. The van der Waals surface area contributed by atoms with Gasteiger partial charge < -0.3 is 16.4 Å². The Hall–Kier alpha value is -1.55. The Balaban J connectivity index is 2.11. The Kier molecular flexibility index (Phi) is 5.01. The molecule has 0 aromatic heterocycles. The fourth-order valence-electron chi connectivity index (χ4n) is 2.99. The number of carbonyl (C=O) groups excluding carboxylic acids is 1. The summed E-state index contributed by atoms with van der Waals surface area (Å²) < 4.78 is 0. The molecule has 2 rings (SSSR count). The number of rotatable bonds is 4. The van der Waals surface area contributed by atoms with E-state index in [0.29, 0.717) is 17.5 Å². The van der Waals surface area contributed by atoms with Gasteiger partial charge >= 0.3 is 0 Å². The second-order valence-corrected chi connectivity index (χ2v) is 5.64. The van der Waals surface area contributed by atoms with Gasteiger partial charge in [0.15, 0.2) is 0 Å². The average molecular weight is 275 g/mol. The van der Waals surface area contributed by atoms with Crippen molar-refractivity contribution >= 4 is 11.6 Å². The molecule has 4 nitrogen and oxygen atoms in total. The highest BCUT2D eigenvalue weighted by Gasteiger charge is 2.24. The van der Waals surface area contributed by atoms with E-state index in [9.17, 15) is 4.79 Å². The lowest BCUT2D eigenvalue weighted by Crippen LogP contribution is -2.36. The summed E-state index contributed by atoms with van der Waals surface area (Å²) in [6.07, 6.45) is 4.94. The summed E-state index contributed by atoms with van der Waals surface area (Å²) in [5.41, 5.74) is 8.80. The molecule has 0 aliphatic heterocycles. The van der Waals surface area contributed by atoms with E-state index in [1.807, 2.05) is 25.1 Å². The van der Waals surface area contributed by atoms with Crippen molar-refractivity contribution in [3.8, 4) is 0 Å². The summed E-state index contributed by atoms with van der Waals surface area (Å²) >= 11 is 0. The number of nitrogens with one attached hydrogen (secondary N) is 2. The first kappa shape index (κ1) is 14.9. The molecule has 4 N–H and O–H groups in total. The van der Waals surface area contributed by atoms with Crippen molar-refractivity contribution in [1.82, 2.24) is 5.32 Å². The van der Waals surface area contributed by atoms with Crippen LogP contribution in [0.1, 0.15) is 41.6 Å². The fraction of sp³-hybridized carbons (Fsp3) is 0.562. The molecule has 4 heteroatoms. The van der Waals surface area contributed by atoms with Crippen molar-refractivity contribution in [3.63, 3.8) is 0 Å². The first-order valence-corrected chi connectivity index (χ1v) is 7.45. The van der Waals surface area contributed by atoms with Crippen LogP contribution in [-0.2, 0) is 0 Å². The van der Waals surface area contributed by atoms with Crippen molar-refractivity contribution < 1.29 is 4.79 Å². The lowest BCUT2D eigenvalue weighted by molar-refractivity contribution is 0.0963. The summed E-state index contributed by atoms with van der Waals surface area (Å²) in [5, 5.41) is 6.27. The van der Waals surface area contributed by atoms with E-state index < -0.39 is 0 Å². The molecular formula is C16H25N3O. The molecule has 1 fully saturated rings. The monoisotopic (exact) mass is 275 g/mol. The smallest absolute Gasteiger partial charge is 0.251 e. The molecular weight excluding hydrogens is 250 g/mol. The van der Waals surface area contributed by atoms with Crippen molar-refractivity contribution in [3.05, 3.63) is 29.3 Å². The first-order valence-electron chi connectivity index (χ1n) is 7.45.